The standard InChI is InChI=1S/C26H31N3O6/c1-7-15-8-10-17-21(22(27)20(25(31)32)14(2)28-17)23(15)35-13-26(3,4)29-24(30)16-9-11-18(33-5)19(12-16)34-6/h8-12H,7,13H2,1-6H3,(H2,27,28)(H,29,30)(H,31,32). The first-order valence-electron chi connectivity index (χ1n) is 11.1. The van der Waals surface area contributed by atoms with Crippen LogP contribution in [0.2, 0.25) is 0 Å². The van der Waals surface area contributed by atoms with Crippen molar-refractivity contribution in [2.24, 2.45) is 0 Å². The van der Waals surface area contributed by atoms with Gasteiger partial charge in [0.05, 0.1) is 42.0 Å². The molecule has 1 heterocycles. The van der Waals surface area contributed by atoms with E-state index in [1.54, 1.807) is 31.2 Å². The Morgan fingerprint density at radius 1 is 1.11 bits per heavy atom. The summed E-state index contributed by atoms with van der Waals surface area (Å²) >= 11 is 0. The van der Waals surface area contributed by atoms with Crippen molar-refractivity contribution in [1.82, 2.24) is 10.3 Å². The Bertz CT molecular complexity index is 1290. The van der Waals surface area contributed by atoms with Crippen molar-refractivity contribution in [3.05, 3.63) is 52.7 Å². The maximum absolute atomic E-state index is 12.9. The number of carbonyl (C=O) groups excluding carboxylic acids is 1. The molecule has 0 saturated carbocycles. The van der Waals surface area contributed by atoms with E-state index >= 15 is 0 Å². The molecule has 1 amide bonds. The highest BCUT2D eigenvalue weighted by molar-refractivity contribution is 6.07. The second-order valence-corrected chi connectivity index (χ2v) is 8.79. The maximum atomic E-state index is 12.9. The number of aryl methyl sites for hydroxylation is 2. The first-order chi connectivity index (χ1) is 16.5. The van der Waals surface area contributed by atoms with E-state index in [1.165, 1.54) is 14.2 Å². The Morgan fingerprint density at radius 3 is 2.40 bits per heavy atom. The molecule has 2 aromatic carbocycles. The number of nitrogens with zero attached hydrogens (tertiary/aromatic N) is 1. The van der Waals surface area contributed by atoms with E-state index in [-0.39, 0.29) is 23.8 Å². The van der Waals surface area contributed by atoms with E-state index in [4.69, 9.17) is 19.9 Å². The number of ether oxygens (including phenoxy) is 3. The molecular weight excluding hydrogens is 450 g/mol. The van der Waals surface area contributed by atoms with Crippen LogP contribution in [0.4, 0.5) is 5.69 Å². The van der Waals surface area contributed by atoms with Gasteiger partial charge in [0, 0.05) is 5.56 Å². The highest BCUT2D eigenvalue weighted by Gasteiger charge is 2.26. The molecule has 0 atom stereocenters. The number of anilines is 1. The molecule has 3 rings (SSSR count). The van der Waals surface area contributed by atoms with Crippen LogP contribution in [0.3, 0.4) is 0 Å². The Balaban J connectivity index is 1.91. The number of fused-ring (bicyclic) bond motifs is 1. The number of nitrogens with two attached hydrogens (primary N) is 1. The SMILES string of the molecule is CCc1ccc2nc(C)c(C(=O)O)c(N)c2c1OCC(C)(C)NC(=O)c1ccc(OC)c(OC)c1. The zero-order valence-electron chi connectivity index (χ0n) is 20.8. The van der Waals surface area contributed by atoms with E-state index in [9.17, 15) is 14.7 Å². The van der Waals surface area contributed by atoms with Gasteiger partial charge in [-0.2, -0.15) is 0 Å². The predicted octanol–water partition coefficient (Wildman–Crippen LogP) is 3.99. The Morgan fingerprint density at radius 2 is 1.80 bits per heavy atom. The largest absolute Gasteiger partial charge is 0.493 e. The third-order valence-corrected chi connectivity index (χ3v) is 5.68. The lowest BCUT2D eigenvalue weighted by Crippen LogP contribution is -2.47. The number of amides is 1. The second kappa shape index (κ2) is 10.1. The Labute approximate surface area is 204 Å². The summed E-state index contributed by atoms with van der Waals surface area (Å²) in [5.41, 5.74) is 7.73. The predicted molar refractivity (Wildman–Crippen MR) is 134 cm³/mol. The average Bonchev–Trinajstić information content (AvgIpc) is 2.81. The van der Waals surface area contributed by atoms with E-state index < -0.39 is 11.5 Å². The molecule has 3 aromatic rings. The summed E-state index contributed by atoms with van der Waals surface area (Å²) in [5.74, 6) is -0.0178. The average molecular weight is 482 g/mol. The van der Waals surface area contributed by atoms with E-state index in [2.05, 4.69) is 10.3 Å². The van der Waals surface area contributed by atoms with Gasteiger partial charge in [0.15, 0.2) is 11.5 Å². The number of hydrogen-bond donors (Lipinski definition) is 3. The van der Waals surface area contributed by atoms with Crippen molar-refractivity contribution in [2.45, 2.75) is 39.7 Å². The number of carbonyl (C=O) groups is 2. The van der Waals surface area contributed by atoms with Crippen molar-refractivity contribution < 1.29 is 28.9 Å². The molecular formula is C26H31N3O6. The molecule has 0 aliphatic carbocycles. The highest BCUT2D eigenvalue weighted by atomic mass is 16.5. The lowest BCUT2D eigenvalue weighted by atomic mass is 10.0. The molecule has 35 heavy (non-hydrogen) atoms. The monoisotopic (exact) mass is 481 g/mol. The van der Waals surface area contributed by atoms with Crippen molar-refractivity contribution >= 4 is 28.5 Å². The van der Waals surface area contributed by atoms with Gasteiger partial charge in [-0.25, -0.2) is 4.79 Å². The fourth-order valence-electron chi connectivity index (χ4n) is 3.88. The van der Waals surface area contributed by atoms with Crippen LogP contribution in [0.25, 0.3) is 10.9 Å². The van der Waals surface area contributed by atoms with Gasteiger partial charge in [0.25, 0.3) is 5.91 Å². The lowest BCUT2D eigenvalue weighted by Gasteiger charge is -2.28. The van der Waals surface area contributed by atoms with Crippen LogP contribution in [-0.2, 0) is 6.42 Å². The van der Waals surface area contributed by atoms with Crippen LogP contribution in [0.15, 0.2) is 30.3 Å². The number of methoxy groups -OCH3 is 2. The molecule has 1 aromatic heterocycles. The minimum atomic E-state index is -1.15. The number of nitrogen functional groups attached to an aromatic ring is 1. The minimum absolute atomic E-state index is 0.0448. The van der Waals surface area contributed by atoms with Gasteiger partial charge in [0.2, 0.25) is 0 Å². The first kappa shape index (κ1) is 25.6. The molecule has 0 radical (unpaired) electrons. The number of aromatic nitrogens is 1. The van der Waals surface area contributed by atoms with Crippen LogP contribution in [-0.4, -0.2) is 48.3 Å². The summed E-state index contributed by atoms with van der Waals surface area (Å²) in [6.45, 7) is 7.34. The summed E-state index contributed by atoms with van der Waals surface area (Å²) < 4.78 is 16.7. The van der Waals surface area contributed by atoms with Crippen LogP contribution >= 0.6 is 0 Å². The molecule has 9 nitrogen and oxygen atoms in total. The third-order valence-electron chi connectivity index (χ3n) is 5.68. The topological polar surface area (TPSA) is 133 Å². The Kier molecular flexibility index (Phi) is 7.38. The number of rotatable bonds is 9. The normalized spacial score (nSPS) is 11.3. The minimum Gasteiger partial charge on any atom is -0.493 e. The van der Waals surface area contributed by atoms with Crippen molar-refractivity contribution in [1.29, 1.82) is 0 Å². The number of hydrogen-bond acceptors (Lipinski definition) is 7. The third kappa shape index (κ3) is 5.24. The van der Waals surface area contributed by atoms with Gasteiger partial charge in [-0.1, -0.05) is 13.0 Å². The number of nitrogens with one attached hydrogen (secondary N) is 1. The molecule has 4 N–H and O–H groups in total. The second-order valence-electron chi connectivity index (χ2n) is 8.79. The smallest absolute Gasteiger partial charge is 0.339 e. The molecule has 186 valence electrons. The van der Waals surface area contributed by atoms with Gasteiger partial charge in [-0.15, -0.1) is 0 Å². The summed E-state index contributed by atoms with van der Waals surface area (Å²) in [4.78, 5) is 29.1. The van der Waals surface area contributed by atoms with Gasteiger partial charge < -0.3 is 30.4 Å². The van der Waals surface area contributed by atoms with Crippen molar-refractivity contribution in [2.75, 3.05) is 26.6 Å². The fourth-order valence-corrected chi connectivity index (χ4v) is 3.88. The van der Waals surface area contributed by atoms with Gasteiger partial charge in [-0.05, 0) is 57.0 Å². The van der Waals surface area contributed by atoms with E-state index in [1.807, 2.05) is 26.8 Å². The van der Waals surface area contributed by atoms with Crippen LogP contribution in [0.1, 0.15) is 52.7 Å². The quantitative estimate of drug-likeness (QED) is 0.418. The Hall–Kier alpha value is -4.01. The molecule has 0 saturated heterocycles. The number of pyridine rings is 1. The van der Waals surface area contributed by atoms with Crippen molar-refractivity contribution in [3.63, 3.8) is 0 Å². The molecule has 0 bridgehead atoms. The molecule has 0 unspecified atom stereocenters. The molecule has 9 heteroatoms. The van der Waals surface area contributed by atoms with E-state index in [0.29, 0.717) is 45.8 Å². The molecule has 0 aliphatic rings. The molecule has 0 aliphatic heterocycles. The van der Waals surface area contributed by atoms with Crippen molar-refractivity contribution in [3.8, 4) is 17.2 Å². The zero-order valence-corrected chi connectivity index (χ0v) is 20.8. The number of aromatic carboxylic acids is 1. The number of carboxylic acids is 1. The molecule has 0 fully saturated rings. The summed E-state index contributed by atoms with van der Waals surface area (Å²) in [6.07, 6.45) is 0.638. The zero-order chi connectivity index (χ0) is 25.9. The summed E-state index contributed by atoms with van der Waals surface area (Å²) in [5, 5.41) is 13.1. The van der Waals surface area contributed by atoms with Gasteiger partial charge in [0.1, 0.15) is 17.9 Å². The summed E-state index contributed by atoms with van der Waals surface area (Å²) in [6, 6.07) is 8.61. The van der Waals surface area contributed by atoms with E-state index in [0.717, 1.165) is 5.56 Å². The van der Waals surface area contributed by atoms with Crippen LogP contribution in [0, 0.1) is 6.92 Å². The number of benzene rings is 2. The maximum Gasteiger partial charge on any atom is 0.339 e. The first-order valence-corrected chi connectivity index (χ1v) is 11.1. The molecule has 0 spiro atoms. The van der Waals surface area contributed by atoms with Gasteiger partial charge in [-0.3, -0.25) is 9.78 Å². The van der Waals surface area contributed by atoms with Crippen LogP contribution in [0.5, 0.6) is 17.2 Å². The number of carboxylic acid groups (broad SMARTS) is 1. The lowest BCUT2D eigenvalue weighted by molar-refractivity contribution is 0.0696. The van der Waals surface area contributed by atoms with Crippen LogP contribution < -0.4 is 25.3 Å². The fraction of sp³-hybridized carbons (Fsp3) is 0.346. The van der Waals surface area contributed by atoms with Gasteiger partial charge >= 0.3 is 5.97 Å². The highest BCUT2D eigenvalue weighted by Crippen LogP contribution is 2.37. The summed E-state index contributed by atoms with van der Waals surface area (Å²) in [7, 11) is 3.03.